The molecule has 1 aliphatic rings. The zero-order valence-corrected chi connectivity index (χ0v) is 20.9. The van der Waals surface area contributed by atoms with Crippen LogP contribution in [0.15, 0.2) is 65.7 Å². The highest BCUT2D eigenvalue weighted by molar-refractivity contribution is 7.22. The highest BCUT2D eigenvalue weighted by Crippen LogP contribution is 2.36. The van der Waals surface area contributed by atoms with E-state index in [0.717, 1.165) is 33.9 Å². The molecule has 34 heavy (non-hydrogen) atoms. The van der Waals surface area contributed by atoms with Crippen molar-refractivity contribution in [2.45, 2.75) is 33.6 Å². The molecule has 0 bridgehead atoms. The maximum Gasteiger partial charge on any atom is 0.275 e. The molecule has 5 nitrogen and oxygen atoms in total. The topological polar surface area (TPSA) is 47.4 Å². The van der Waals surface area contributed by atoms with Gasteiger partial charge in [-0.25, -0.2) is 4.98 Å². The van der Waals surface area contributed by atoms with Crippen molar-refractivity contribution in [2.24, 2.45) is 5.41 Å². The van der Waals surface area contributed by atoms with Crippen LogP contribution in [0.2, 0.25) is 0 Å². The van der Waals surface area contributed by atoms with Crippen LogP contribution in [0.25, 0.3) is 26.3 Å². The molecule has 1 saturated heterocycles. The van der Waals surface area contributed by atoms with Crippen molar-refractivity contribution in [1.82, 2.24) is 14.5 Å². The average molecular weight is 474 g/mol. The van der Waals surface area contributed by atoms with E-state index >= 15 is 0 Å². The second kappa shape index (κ2) is 9.35. The summed E-state index contributed by atoms with van der Waals surface area (Å²) < 4.78 is 8.23. The molecule has 0 radical (unpaired) electrons. The van der Waals surface area contributed by atoms with Gasteiger partial charge in [-0.2, -0.15) is 0 Å². The number of nitrogens with zero attached hydrogens (tertiary/aromatic N) is 3. The van der Waals surface area contributed by atoms with E-state index < -0.39 is 0 Å². The number of likely N-dealkylation sites (tertiary alicyclic amines) is 1. The third-order valence-electron chi connectivity index (χ3n) is 7.18. The monoisotopic (exact) mass is 473 g/mol. The summed E-state index contributed by atoms with van der Waals surface area (Å²) in [7, 11) is 0. The van der Waals surface area contributed by atoms with Crippen LogP contribution in [0.1, 0.15) is 32.3 Å². The van der Waals surface area contributed by atoms with Gasteiger partial charge in [0.2, 0.25) is 0 Å². The zero-order valence-electron chi connectivity index (χ0n) is 20.1. The van der Waals surface area contributed by atoms with Gasteiger partial charge in [-0.1, -0.05) is 43.7 Å². The Morgan fingerprint density at radius 2 is 1.74 bits per heavy atom. The van der Waals surface area contributed by atoms with Gasteiger partial charge >= 0.3 is 0 Å². The van der Waals surface area contributed by atoms with Crippen LogP contribution in [0.4, 0.5) is 0 Å². The SMILES string of the molecule is CCC1(CC)CN(CCOc2ccc(-n3cnc4cc(-c5ccc(C)cc5)sc4c3=O)cc2)C1. The van der Waals surface area contributed by atoms with Gasteiger partial charge in [-0.3, -0.25) is 14.3 Å². The number of fused-ring (bicyclic) bond motifs is 1. The number of hydrogen-bond donors (Lipinski definition) is 0. The summed E-state index contributed by atoms with van der Waals surface area (Å²) in [6.07, 6.45) is 4.12. The first kappa shape index (κ1) is 22.8. The first-order valence-corrected chi connectivity index (χ1v) is 12.9. The lowest BCUT2D eigenvalue weighted by atomic mass is 9.75. The Balaban J connectivity index is 1.26. The highest BCUT2D eigenvalue weighted by Gasteiger charge is 2.39. The fourth-order valence-corrected chi connectivity index (χ4v) is 5.76. The number of hydrogen-bond acceptors (Lipinski definition) is 5. The molecule has 0 atom stereocenters. The van der Waals surface area contributed by atoms with Crippen LogP contribution < -0.4 is 10.3 Å². The average Bonchev–Trinajstić information content (AvgIpc) is 3.27. The van der Waals surface area contributed by atoms with E-state index in [0.29, 0.717) is 16.7 Å². The van der Waals surface area contributed by atoms with Crippen molar-refractivity contribution >= 4 is 21.6 Å². The standard InChI is InChI=1S/C28H31N3O2S/c1-4-28(5-2)17-30(18-28)14-15-33-23-12-10-22(11-13-23)31-19-29-24-16-25(34-26(24)27(31)32)21-8-6-20(3)7-9-21/h6-13,16,19H,4-5,14-15,17-18H2,1-3H3. The number of ether oxygens (including phenoxy) is 1. The van der Waals surface area contributed by atoms with Crippen molar-refractivity contribution < 1.29 is 4.74 Å². The van der Waals surface area contributed by atoms with Crippen molar-refractivity contribution in [3.05, 3.63) is 76.8 Å². The highest BCUT2D eigenvalue weighted by atomic mass is 32.1. The van der Waals surface area contributed by atoms with Gasteiger partial charge in [-0.15, -0.1) is 11.3 Å². The second-order valence-electron chi connectivity index (χ2n) is 9.37. The molecule has 2 aromatic carbocycles. The van der Waals surface area contributed by atoms with E-state index in [9.17, 15) is 4.79 Å². The lowest BCUT2D eigenvalue weighted by molar-refractivity contribution is -0.0128. The molecule has 2 aromatic heterocycles. The molecule has 0 saturated carbocycles. The van der Waals surface area contributed by atoms with Gasteiger partial charge in [0.05, 0.1) is 11.2 Å². The van der Waals surface area contributed by atoms with Gasteiger partial charge in [0.15, 0.2) is 0 Å². The van der Waals surface area contributed by atoms with Crippen molar-refractivity contribution in [2.75, 3.05) is 26.2 Å². The predicted octanol–water partition coefficient (Wildman–Crippen LogP) is 5.92. The molecule has 0 aliphatic carbocycles. The Hall–Kier alpha value is -2.96. The zero-order chi connectivity index (χ0) is 23.7. The molecule has 1 fully saturated rings. The smallest absolute Gasteiger partial charge is 0.275 e. The van der Waals surface area contributed by atoms with Crippen molar-refractivity contribution in [3.63, 3.8) is 0 Å². The second-order valence-corrected chi connectivity index (χ2v) is 10.4. The summed E-state index contributed by atoms with van der Waals surface area (Å²) in [5.41, 5.74) is 4.32. The summed E-state index contributed by atoms with van der Waals surface area (Å²) in [5.74, 6) is 0.821. The number of aromatic nitrogens is 2. The number of thiophene rings is 1. The van der Waals surface area contributed by atoms with Crippen LogP contribution in [0.5, 0.6) is 5.75 Å². The van der Waals surface area contributed by atoms with E-state index in [1.807, 2.05) is 30.3 Å². The number of aryl methyl sites for hydroxylation is 1. The molecule has 5 rings (SSSR count). The fraction of sp³-hybridized carbons (Fsp3) is 0.357. The molecule has 1 aliphatic heterocycles. The third-order valence-corrected chi connectivity index (χ3v) is 8.34. The largest absolute Gasteiger partial charge is 0.492 e. The molecule has 0 N–H and O–H groups in total. The summed E-state index contributed by atoms with van der Waals surface area (Å²) in [4.78, 5) is 21.3. The van der Waals surface area contributed by atoms with Crippen molar-refractivity contribution in [1.29, 1.82) is 0 Å². The molecular formula is C28H31N3O2S. The van der Waals surface area contributed by atoms with Crippen LogP contribution in [-0.4, -0.2) is 40.7 Å². The molecule has 6 heteroatoms. The van der Waals surface area contributed by atoms with Crippen LogP contribution >= 0.6 is 11.3 Å². The molecule has 0 unspecified atom stereocenters. The van der Waals surface area contributed by atoms with E-state index in [-0.39, 0.29) is 5.56 Å². The quantitative estimate of drug-likeness (QED) is 0.319. The molecular weight excluding hydrogens is 442 g/mol. The van der Waals surface area contributed by atoms with Crippen LogP contribution in [0.3, 0.4) is 0 Å². The maximum atomic E-state index is 13.2. The molecule has 0 amide bonds. The first-order valence-electron chi connectivity index (χ1n) is 12.0. The number of rotatable bonds is 8. The fourth-order valence-electron chi connectivity index (χ4n) is 4.71. The Kier molecular flexibility index (Phi) is 6.28. The van der Waals surface area contributed by atoms with E-state index in [1.165, 1.54) is 42.8 Å². The summed E-state index contributed by atoms with van der Waals surface area (Å²) in [6.45, 7) is 10.6. The minimum absolute atomic E-state index is 0.0462. The summed E-state index contributed by atoms with van der Waals surface area (Å²) in [5, 5.41) is 0. The number of benzene rings is 2. The van der Waals surface area contributed by atoms with E-state index in [4.69, 9.17) is 4.74 Å². The minimum atomic E-state index is -0.0462. The minimum Gasteiger partial charge on any atom is -0.492 e. The maximum absolute atomic E-state index is 13.2. The summed E-state index contributed by atoms with van der Waals surface area (Å²) in [6, 6.07) is 18.0. The predicted molar refractivity (Wildman–Crippen MR) is 140 cm³/mol. The van der Waals surface area contributed by atoms with Gasteiger partial charge in [0.25, 0.3) is 5.56 Å². The third kappa shape index (κ3) is 4.40. The van der Waals surface area contributed by atoms with E-state index in [2.05, 4.69) is 54.9 Å². The molecule has 4 aromatic rings. The van der Waals surface area contributed by atoms with Gasteiger partial charge in [-0.05, 0) is 61.1 Å². The van der Waals surface area contributed by atoms with Crippen molar-refractivity contribution in [3.8, 4) is 21.9 Å². The van der Waals surface area contributed by atoms with E-state index in [1.54, 1.807) is 10.9 Å². The Labute approximate surface area is 204 Å². The lowest BCUT2D eigenvalue weighted by Gasteiger charge is -2.49. The Bertz CT molecular complexity index is 1330. The lowest BCUT2D eigenvalue weighted by Crippen LogP contribution is -2.56. The molecule has 176 valence electrons. The Morgan fingerprint density at radius 1 is 1.03 bits per heavy atom. The van der Waals surface area contributed by atoms with Gasteiger partial charge in [0, 0.05) is 24.5 Å². The van der Waals surface area contributed by atoms with Gasteiger partial charge < -0.3 is 4.74 Å². The van der Waals surface area contributed by atoms with Gasteiger partial charge in [0.1, 0.15) is 23.4 Å². The van der Waals surface area contributed by atoms with Crippen LogP contribution in [-0.2, 0) is 0 Å². The molecule has 3 heterocycles. The summed E-state index contributed by atoms with van der Waals surface area (Å²) >= 11 is 1.49. The molecule has 0 spiro atoms. The normalized spacial score (nSPS) is 15.4. The van der Waals surface area contributed by atoms with Crippen LogP contribution in [0, 0.1) is 12.3 Å². The Morgan fingerprint density at radius 3 is 2.41 bits per heavy atom. The first-order chi connectivity index (χ1) is 16.5.